The maximum absolute atomic E-state index is 9.77. The molecule has 19 heavy (non-hydrogen) atoms. The zero-order valence-electron chi connectivity index (χ0n) is 13.1. The second-order valence-corrected chi connectivity index (χ2v) is 6.35. The Kier molecular flexibility index (Phi) is 6.02. The summed E-state index contributed by atoms with van der Waals surface area (Å²) in [5.41, 5.74) is 2.18. The van der Waals surface area contributed by atoms with E-state index in [1.165, 1.54) is 17.5 Å². The number of benzene rings is 1. The summed E-state index contributed by atoms with van der Waals surface area (Å²) >= 11 is 0. The Bertz CT molecular complexity index is 364. The van der Waals surface area contributed by atoms with E-state index in [0.29, 0.717) is 12.5 Å². The molecule has 0 bridgehead atoms. The van der Waals surface area contributed by atoms with E-state index in [2.05, 4.69) is 50.1 Å². The molecular weight excluding hydrogens is 234 g/mol. The van der Waals surface area contributed by atoms with E-state index in [4.69, 9.17) is 0 Å². The predicted octanol–water partition coefficient (Wildman–Crippen LogP) is 3.45. The fourth-order valence-electron chi connectivity index (χ4n) is 2.31. The van der Waals surface area contributed by atoms with E-state index in [1.54, 1.807) is 0 Å². The highest BCUT2D eigenvalue weighted by Crippen LogP contribution is 2.19. The molecule has 0 saturated heterocycles. The summed E-state index contributed by atoms with van der Waals surface area (Å²) in [5, 5.41) is 9.77. The molecule has 0 heterocycles. The minimum absolute atomic E-state index is 0.616. The van der Waals surface area contributed by atoms with Gasteiger partial charge in [-0.25, -0.2) is 0 Å². The fraction of sp³-hybridized carbons (Fsp3) is 0.647. The van der Waals surface area contributed by atoms with Gasteiger partial charge in [0.2, 0.25) is 0 Å². The Morgan fingerprint density at radius 3 is 2.26 bits per heavy atom. The predicted molar refractivity (Wildman–Crippen MR) is 82.6 cm³/mol. The van der Waals surface area contributed by atoms with Crippen LogP contribution in [0.25, 0.3) is 0 Å². The van der Waals surface area contributed by atoms with Gasteiger partial charge in [-0.3, -0.25) is 0 Å². The molecule has 0 spiro atoms. The van der Waals surface area contributed by atoms with Gasteiger partial charge in [0.25, 0.3) is 0 Å². The van der Waals surface area contributed by atoms with Crippen molar-refractivity contribution < 1.29 is 5.11 Å². The Balaban J connectivity index is 2.46. The number of hydrogen-bond donors (Lipinski definition) is 1. The van der Waals surface area contributed by atoms with Gasteiger partial charge < -0.3 is 10.0 Å². The van der Waals surface area contributed by atoms with Crippen LogP contribution in [0.3, 0.4) is 0 Å². The maximum atomic E-state index is 9.77. The van der Waals surface area contributed by atoms with Crippen LogP contribution < -0.4 is 0 Å². The first-order chi connectivity index (χ1) is 8.81. The van der Waals surface area contributed by atoms with Crippen LogP contribution in [0.4, 0.5) is 0 Å². The van der Waals surface area contributed by atoms with Gasteiger partial charge in [0.1, 0.15) is 0 Å². The molecule has 0 aliphatic heterocycles. The molecule has 1 aromatic rings. The van der Waals surface area contributed by atoms with Crippen LogP contribution in [0.2, 0.25) is 0 Å². The molecule has 2 nitrogen and oxygen atoms in total. The molecule has 1 unspecified atom stereocenters. The summed E-state index contributed by atoms with van der Waals surface area (Å²) in [5.74, 6) is 0.645. The third-order valence-corrected chi connectivity index (χ3v) is 3.60. The minimum Gasteiger partial charge on any atom is -0.389 e. The number of rotatable bonds is 7. The van der Waals surface area contributed by atoms with E-state index in [-0.39, 0.29) is 0 Å². The number of likely N-dealkylation sites (N-methyl/N-ethyl adjacent to an activating group) is 1. The average molecular weight is 263 g/mol. The quantitative estimate of drug-likeness (QED) is 0.814. The topological polar surface area (TPSA) is 23.5 Å². The first kappa shape index (κ1) is 16.2. The lowest BCUT2D eigenvalue weighted by molar-refractivity contribution is 0.0450. The van der Waals surface area contributed by atoms with Crippen LogP contribution in [0.5, 0.6) is 0 Å². The first-order valence-corrected chi connectivity index (χ1v) is 7.31. The second-order valence-electron chi connectivity index (χ2n) is 6.35. The summed E-state index contributed by atoms with van der Waals surface area (Å²) in [6.07, 6.45) is 2.22. The molecule has 1 aromatic carbocycles. The van der Waals surface area contributed by atoms with Crippen molar-refractivity contribution in [1.82, 2.24) is 4.90 Å². The van der Waals surface area contributed by atoms with E-state index < -0.39 is 5.60 Å². The van der Waals surface area contributed by atoms with Crippen molar-refractivity contribution in [3.63, 3.8) is 0 Å². The fourth-order valence-corrected chi connectivity index (χ4v) is 2.31. The Hall–Kier alpha value is -0.860. The first-order valence-electron chi connectivity index (χ1n) is 7.31. The highest BCUT2D eigenvalue weighted by atomic mass is 16.3. The van der Waals surface area contributed by atoms with E-state index in [9.17, 15) is 5.11 Å². The molecule has 1 N–H and O–H groups in total. The van der Waals surface area contributed by atoms with E-state index >= 15 is 0 Å². The van der Waals surface area contributed by atoms with Gasteiger partial charge in [-0.2, -0.15) is 0 Å². The standard InChI is InChI=1S/C17H29NO/c1-6-14(2)16-9-7-15(8-10-16)11-12-18(5)13-17(3,4)19/h7-10,14,19H,6,11-13H2,1-5H3. The van der Waals surface area contributed by atoms with Gasteiger partial charge in [-0.1, -0.05) is 38.1 Å². The molecule has 0 amide bonds. The molecule has 0 radical (unpaired) electrons. The smallest absolute Gasteiger partial charge is 0.0718 e. The normalized spacial score (nSPS) is 13.8. The van der Waals surface area contributed by atoms with Crippen molar-refractivity contribution in [2.24, 2.45) is 0 Å². The van der Waals surface area contributed by atoms with Crippen LogP contribution in [-0.4, -0.2) is 35.7 Å². The van der Waals surface area contributed by atoms with Crippen LogP contribution in [0.1, 0.15) is 51.2 Å². The van der Waals surface area contributed by atoms with Gasteiger partial charge in [-0.15, -0.1) is 0 Å². The molecule has 1 atom stereocenters. The molecule has 1 rings (SSSR count). The van der Waals surface area contributed by atoms with Gasteiger partial charge in [0, 0.05) is 13.1 Å². The highest BCUT2D eigenvalue weighted by molar-refractivity contribution is 5.25. The maximum Gasteiger partial charge on any atom is 0.0718 e. The molecule has 2 heteroatoms. The van der Waals surface area contributed by atoms with Crippen molar-refractivity contribution in [1.29, 1.82) is 0 Å². The van der Waals surface area contributed by atoms with Gasteiger partial charge in [0.15, 0.2) is 0 Å². The van der Waals surface area contributed by atoms with Crippen LogP contribution in [-0.2, 0) is 6.42 Å². The largest absolute Gasteiger partial charge is 0.389 e. The van der Waals surface area contributed by atoms with Crippen LogP contribution in [0.15, 0.2) is 24.3 Å². The summed E-state index contributed by atoms with van der Waals surface area (Å²) in [6.45, 7) is 9.88. The molecule has 0 aliphatic carbocycles. The van der Waals surface area contributed by atoms with Crippen molar-refractivity contribution in [2.45, 2.75) is 52.1 Å². The minimum atomic E-state index is -0.616. The van der Waals surface area contributed by atoms with Crippen molar-refractivity contribution in [3.8, 4) is 0 Å². The third-order valence-electron chi connectivity index (χ3n) is 3.60. The molecule has 0 aromatic heterocycles. The summed E-state index contributed by atoms with van der Waals surface area (Å²) in [7, 11) is 2.06. The Morgan fingerprint density at radius 2 is 1.79 bits per heavy atom. The summed E-state index contributed by atoms with van der Waals surface area (Å²) in [6, 6.07) is 8.97. The molecule has 108 valence electrons. The summed E-state index contributed by atoms with van der Waals surface area (Å²) in [4.78, 5) is 2.18. The lowest BCUT2D eigenvalue weighted by atomic mass is 9.97. The lowest BCUT2D eigenvalue weighted by Crippen LogP contribution is -2.37. The van der Waals surface area contributed by atoms with Crippen molar-refractivity contribution >= 4 is 0 Å². The highest BCUT2D eigenvalue weighted by Gasteiger charge is 2.15. The molecule has 0 saturated carbocycles. The molecular formula is C17H29NO. The number of nitrogens with zero attached hydrogens (tertiary/aromatic N) is 1. The Morgan fingerprint density at radius 1 is 1.21 bits per heavy atom. The van der Waals surface area contributed by atoms with Crippen molar-refractivity contribution in [3.05, 3.63) is 35.4 Å². The number of aliphatic hydroxyl groups is 1. The number of hydrogen-bond acceptors (Lipinski definition) is 2. The molecule has 0 aliphatic rings. The van der Waals surface area contributed by atoms with Crippen LogP contribution >= 0.6 is 0 Å². The zero-order valence-corrected chi connectivity index (χ0v) is 13.1. The zero-order chi connectivity index (χ0) is 14.5. The van der Waals surface area contributed by atoms with Gasteiger partial charge >= 0.3 is 0 Å². The molecule has 0 fully saturated rings. The van der Waals surface area contributed by atoms with Crippen LogP contribution in [0, 0.1) is 0 Å². The van der Waals surface area contributed by atoms with Gasteiger partial charge in [-0.05, 0) is 50.8 Å². The Labute approximate surface area is 118 Å². The summed E-state index contributed by atoms with van der Waals surface area (Å²) < 4.78 is 0. The SMILES string of the molecule is CCC(C)c1ccc(CCN(C)CC(C)(C)O)cc1. The average Bonchev–Trinajstić information content (AvgIpc) is 2.34. The van der Waals surface area contributed by atoms with E-state index in [1.807, 2.05) is 13.8 Å². The van der Waals surface area contributed by atoms with Crippen molar-refractivity contribution in [2.75, 3.05) is 20.1 Å². The third kappa shape index (κ3) is 6.22. The van der Waals surface area contributed by atoms with Gasteiger partial charge in [0.05, 0.1) is 5.60 Å². The van der Waals surface area contributed by atoms with E-state index in [0.717, 1.165) is 13.0 Å². The lowest BCUT2D eigenvalue weighted by Gasteiger charge is -2.25. The second kappa shape index (κ2) is 7.06. The monoisotopic (exact) mass is 263 g/mol.